The number of hydrogen-bond donors (Lipinski definition) is 1. The molecule has 0 bridgehead atoms. The van der Waals surface area contributed by atoms with E-state index >= 15 is 0 Å². The van der Waals surface area contributed by atoms with Crippen LogP contribution in [-0.4, -0.2) is 11.0 Å². The number of rotatable bonds is 0. The lowest BCUT2D eigenvalue weighted by molar-refractivity contribution is 0.993. The number of benzene rings is 1. The summed E-state index contributed by atoms with van der Waals surface area (Å²) in [7, 11) is 0. The van der Waals surface area contributed by atoms with Crippen LogP contribution in [0.15, 0.2) is 30.3 Å². The van der Waals surface area contributed by atoms with Gasteiger partial charge in [-0.05, 0) is 25.5 Å². The second-order valence-corrected chi connectivity index (χ2v) is 4.35. The fourth-order valence-electron chi connectivity index (χ4n) is 2.12. The molecule has 0 fully saturated rings. The van der Waals surface area contributed by atoms with Crippen molar-refractivity contribution >= 4 is 22.7 Å². The van der Waals surface area contributed by atoms with Gasteiger partial charge in [0.2, 0.25) is 0 Å². The fraction of sp³-hybridized carbons (Fsp3) is 0.214. The molecule has 0 saturated heterocycles. The van der Waals surface area contributed by atoms with Gasteiger partial charge in [-0.3, -0.25) is 4.98 Å². The van der Waals surface area contributed by atoms with Gasteiger partial charge in [0.25, 0.3) is 0 Å². The van der Waals surface area contributed by atoms with Crippen molar-refractivity contribution in [3.8, 4) is 0 Å². The molecule has 80 valence electrons. The average molecular weight is 210 g/mol. The summed E-state index contributed by atoms with van der Waals surface area (Å²) < 4.78 is 0. The quantitative estimate of drug-likeness (QED) is 0.721. The molecule has 1 unspecified atom stereocenters. The van der Waals surface area contributed by atoms with Gasteiger partial charge in [-0.15, -0.1) is 0 Å². The van der Waals surface area contributed by atoms with Crippen molar-refractivity contribution in [2.24, 2.45) is 0 Å². The molecule has 2 heteroatoms. The maximum Gasteiger partial charge on any atom is 0.0942 e. The van der Waals surface area contributed by atoms with Crippen LogP contribution in [0.25, 0.3) is 17.0 Å². The predicted molar refractivity (Wildman–Crippen MR) is 68.6 cm³/mol. The minimum absolute atomic E-state index is 0.375. The van der Waals surface area contributed by atoms with Crippen molar-refractivity contribution in [1.82, 2.24) is 4.98 Å². The van der Waals surface area contributed by atoms with Crippen LogP contribution in [-0.2, 0) is 0 Å². The molecule has 1 atom stereocenters. The highest BCUT2D eigenvalue weighted by Gasteiger charge is 2.12. The molecule has 0 radical (unpaired) electrons. The maximum absolute atomic E-state index is 4.63. The third-order valence-electron chi connectivity index (χ3n) is 2.97. The molecule has 0 spiro atoms. The number of aryl methyl sites for hydroxylation is 1. The van der Waals surface area contributed by atoms with Crippen molar-refractivity contribution < 1.29 is 0 Å². The molecule has 3 rings (SSSR count). The minimum atomic E-state index is 0.375. The largest absolute Gasteiger partial charge is 0.377 e. The smallest absolute Gasteiger partial charge is 0.0942 e. The topological polar surface area (TPSA) is 24.9 Å². The first kappa shape index (κ1) is 9.40. The van der Waals surface area contributed by atoms with Gasteiger partial charge in [0, 0.05) is 17.1 Å². The van der Waals surface area contributed by atoms with Crippen LogP contribution in [0.1, 0.15) is 18.2 Å². The SMILES string of the molecule is Cc1ccc2ccc3c(c2n1)NC(C)C=C3. The van der Waals surface area contributed by atoms with E-state index in [1.807, 2.05) is 6.92 Å². The van der Waals surface area contributed by atoms with E-state index < -0.39 is 0 Å². The summed E-state index contributed by atoms with van der Waals surface area (Å²) in [5, 5.41) is 4.67. The van der Waals surface area contributed by atoms with Gasteiger partial charge in [-0.2, -0.15) is 0 Å². The third-order valence-corrected chi connectivity index (χ3v) is 2.97. The van der Waals surface area contributed by atoms with E-state index in [0.29, 0.717) is 6.04 Å². The number of pyridine rings is 1. The first-order valence-corrected chi connectivity index (χ1v) is 5.59. The number of hydrogen-bond acceptors (Lipinski definition) is 2. The van der Waals surface area contributed by atoms with Gasteiger partial charge in [0.15, 0.2) is 0 Å². The molecular weight excluding hydrogens is 196 g/mol. The number of nitrogens with zero attached hydrogens (tertiary/aromatic N) is 1. The van der Waals surface area contributed by atoms with Gasteiger partial charge < -0.3 is 5.32 Å². The van der Waals surface area contributed by atoms with Crippen molar-refractivity contribution in [2.45, 2.75) is 19.9 Å². The molecule has 1 aliphatic heterocycles. The van der Waals surface area contributed by atoms with Gasteiger partial charge in [0.1, 0.15) is 0 Å². The molecule has 0 saturated carbocycles. The molecular formula is C14H14N2. The standard InChI is InChI=1S/C14H14N2/c1-9-3-5-11-7-8-12-6-4-10(2)16-14(12)13(11)15-9/h3-9,15H,1-2H3. The summed E-state index contributed by atoms with van der Waals surface area (Å²) in [4.78, 5) is 4.63. The van der Waals surface area contributed by atoms with Crippen LogP contribution in [0.2, 0.25) is 0 Å². The Labute approximate surface area is 95.0 Å². The van der Waals surface area contributed by atoms with Crippen LogP contribution >= 0.6 is 0 Å². The van der Waals surface area contributed by atoms with E-state index in [1.165, 1.54) is 10.9 Å². The third kappa shape index (κ3) is 1.38. The summed E-state index contributed by atoms with van der Waals surface area (Å²) in [5.74, 6) is 0. The Kier molecular flexibility index (Phi) is 1.96. The highest BCUT2D eigenvalue weighted by molar-refractivity contribution is 5.96. The summed E-state index contributed by atoms with van der Waals surface area (Å²) in [6, 6.07) is 8.83. The molecule has 2 aromatic rings. The van der Waals surface area contributed by atoms with E-state index in [-0.39, 0.29) is 0 Å². The van der Waals surface area contributed by atoms with Gasteiger partial charge >= 0.3 is 0 Å². The Bertz CT molecular complexity index is 585. The Morgan fingerprint density at radius 2 is 2.00 bits per heavy atom. The van der Waals surface area contributed by atoms with Gasteiger partial charge in [0.05, 0.1) is 11.2 Å². The number of nitrogens with one attached hydrogen (secondary N) is 1. The van der Waals surface area contributed by atoms with Crippen LogP contribution in [0.4, 0.5) is 5.69 Å². The zero-order valence-corrected chi connectivity index (χ0v) is 9.49. The summed E-state index contributed by atoms with van der Waals surface area (Å²) in [6.07, 6.45) is 4.34. The Hall–Kier alpha value is -1.83. The lowest BCUT2D eigenvalue weighted by Crippen LogP contribution is -2.16. The molecule has 1 N–H and O–H groups in total. The zero-order chi connectivity index (χ0) is 11.1. The van der Waals surface area contributed by atoms with Gasteiger partial charge in [-0.1, -0.05) is 30.4 Å². The Balaban J connectivity index is 2.34. The molecule has 0 amide bonds. The monoisotopic (exact) mass is 210 g/mol. The second-order valence-electron chi connectivity index (χ2n) is 4.35. The second kappa shape index (κ2) is 3.34. The maximum atomic E-state index is 4.63. The van der Waals surface area contributed by atoms with E-state index in [1.54, 1.807) is 0 Å². The summed E-state index contributed by atoms with van der Waals surface area (Å²) >= 11 is 0. The average Bonchev–Trinajstić information content (AvgIpc) is 2.29. The van der Waals surface area contributed by atoms with Crippen LogP contribution in [0.5, 0.6) is 0 Å². The molecule has 1 aromatic carbocycles. The van der Waals surface area contributed by atoms with Crippen molar-refractivity contribution in [3.05, 3.63) is 41.6 Å². The summed E-state index contributed by atoms with van der Waals surface area (Å²) in [5.41, 5.74) is 4.53. The minimum Gasteiger partial charge on any atom is -0.377 e. The van der Waals surface area contributed by atoms with E-state index in [9.17, 15) is 0 Å². The first-order valence-electron chi connectivity index (χ1n) is 5.59. The fourth-order valence-corrected chi connectivity index (χ4v) is 2.12. The molecule has 1 aromatic heterocycles. The first-order chi connectivity index (χ1) is 7.74. The van der Waals surface area contributed by atoms with Crippen molar-refractivity contribution in [1.29, 1.82) is 0 Å². The summed E-state index contributed by atoms with van der Waals surface area (Å²) in [6.45, 7) is 4.18. The molecule has 2 heterocycles. The lowest BCUT2D eigenvalue weighted by atomic mass is 10.0. The number of aromatic nitrogens is 1. The van der Waals surface area contributed by atoms with Gasteiger partial charge in [-0.25, -0.2) is 0 Å². The molecule has 0 aliphatic carbocycles. The predicted octanol–water partition coefficient (Wildman–Crippen LogP) is 3.37. The zero-order valence-electron chi connectivity index (χ0n) is 9.49. The van der Waals surface area contributed by atoms with E-state index in [0.717, 1.165) is 16.9 Å². The molecule has 2 nitrogen and oxygen atoms in total. The van der Waals surface area contributed by atoms with E-state index in [2.05, 4.69) is 53.6 Å². The lowest BCUT2D eigenvalue weighted by Gasteiger charge is -2.20. The van der Waals surface area contributed by atoms with Crippen LogP contribution in [0, 0.1) is 6.92 Å². The molecule has 16 heavy (non-hydrogen) atoms. The molecule has 1 aliphatic rings. The number of fused-ring (bicyclic) bond motifs is 3. The van der Waals surface area contributed by atoms with Crippen LogP contribution in [0.3, 0.4) is 0 Å². The highest BCUT2D eigenvalue weighted by atomic mass is 14.9. The van der Waals surface area contributed by atoms with E-state index in [4.69, 9.17) is 0 Å². The normalized spacial score (nSPS) is 18.2. The number of anilines is 1. The van der Waals surface area contributed by atoms with Crippen LogP contribution < -0.4 is 5.32 Å². The Morgan fingerprint density at radius 3 is 2.88 bits per heavy atom. The van der Waals surface area contributed by atoms with Crippen molar-refractivity contribution in [3.63, 3.8) is 0 Å². The van der Waals surface area contributed by atoms with Crippen molar-refractivity contribution in [2.75, 3.05) is 5.32 Å². The Morgan fingerprint density at radius 1 is 1.19 bits per heavy atom. The highest BCUT2D eigenvalue weighted by Crippen LogP contribution is 2.30.